The molecule has 0 saturated carbocycles. The number of guanidine groups is 1. The number of rotatable bonds is 9. The lowest BCUT2D eigenvalue weighted by molar-refractivity contribution is 0.222. The average molecular weight is 529 g/mol. The van der Waals surface area contributed by atoms with Crippen molar-refractivity contribution in [2.45, 2.75) is 26.5 Å². The number of para-hydroxylation sites is 1. The molecule has 1 unspecified atom stereocenters. The second kappa shape index (κ2) is 13.0. The Kier molecular flexibility index (Phi) is 11.2. The Morgan fingerprint density at radius 1 is 0.967 bits per heavy atom. The van der Waals surface area contributed by atoms with Crippen LogP contribution < -0.4 is 29.6 Å². The number of methoxy groups -OCH3 is 3. The van der Waals surface area contributed by atoms with Gasteiger partial charge in [-0.15, -0.1) is 24.0 Å². The highest BCUT2D eigenvalue weighted by Gasteiger charge is 2.14. The Morgan fingerprint density at radius 2 is 1.60 bits per heavy atom. The second-order valence-corrected chi connectivity index (χ2v) is 6.51. The van der Waals surface area contributed by atoms with Gasteiger partial charge in [-0.3, -0.25) is 4.99 Å². The summed E-state index contributed by atoms with van der Waals surface area (Å²) < 4.78 is 22.3. The van der Waals surface area contributed by atoms with Crippen LogP contribution in [-0.2, 0) is 6.54 Å². The number of nitrogens with one attached hydrogen (secondary N) is 2. The van der Waals surface area contributed by atoms with E-state index in [0.717, 1.165) is 16.9 Å². The highest BCUT2D eigenvalue weighted by molar-refractivity contribution is 14.0. The van der Waals surface area contributed by atoms with Gasteiger partial charge < -0.3 is 29.6 Å². The monoisotopic (exact) mass is 529 g/mol. The second-order valence-electron chi connectivity index (χ2n) is 6.51. The lowest BCUT2D eigenvalue weighted by Crippen LogP contribution is -2.41. The van der Waals surface area contributed by atoms with E-state index in [1.54, 1.807) is 28.4 Å². The molecule has 166 valence electrons. The Morgan fingerprint density at radius 3 is 2.13 bits per heavy atom. The minimum atomic E-state index is -0.0280. The van der Waals surface area contributed by atoms with Gasteiger partial charge in [0.25, 0.3) is 0 Å². The maximum Gasteiger partial charge on any atom is 0.191 e. The first-order chi connectivity index (χ1) is 14.0. The summed E-state index contributed by atoms with van der Waals surface area (Å²) in [6.45, 7) is 5.13. The molecular weight excluding hydrogens is 497 g/mol. The molecule has 2 N–H and O–H groups in total. The van der Waals surface area contributed by atoms with E-state index >= 15 is 0 Å². The molecule has 2 rings (SSSR count). The molecule has 0 saturated heterocycles. The van der Waals surface area contributed by atoms with Crippen molar-refractivity contribution in [2.24, 2.45) is 4.99 Å². The van der Waals surface area contributed by atoms with Crippen molar-refractivity contribution in [2.75, 3.05) is 34.9 Å². The fourth-order valence-electron chi connectivity index (χ4n) is 2.83. The summed E-state index contributed by atoms with van der Waals surface area (Å²) in [6, 6.07) is 11.6. The first kappa shape index (κ1) is 25.7. The third kappa shape index (κ3) is 7.16. The van der Waals surface area contributed by atoms with Crippen molar-refractivity contribution in [3.05, 3.63) is 47.5 Å². The standard InChI is InChI=1S/C22H31N3O4.HI/c1-15-9-7-8-10-19(15)29-16(2)13-24-22(23-3)25-14-18-20(27-5)11-17(26-4)12-21(18)28-6;/h7-12,16H,13-14H2,1-6H3,(H2,23,24,25);1H. The number of hydrogen-bond acceptors (Lipinski definition) is 5. The van der Waals surface area contributed by atoms with Crippen molar-refractivity contribution in [3.63, 3.8) is 0 Å². The Bertz CT molecular complexity index is 805. The van der Waals surface area contributed by atoms with Crippen molar-refractivity contribution < 1.29 is 18.9 Å². The molecule has 0 aliphatic heterocycles. The summed E-state index contributed by atoms with van der Waals surface area (Å²) in [4.78, 5) is 4.28. The number of aryl methyl sites for hydroxylation is 1. The molecule has 1 atom stereocenters. The Labute approximate surface area is 196 Å². The van der Waals surface area contributed by atoms with Gasteiger partial charge in [-0.05, 0) is 25.5 Å². The van der Waals surface area contributed by atoms with Gasteiger partial charge in [0.05, 0.1) is 40.0 Å². The molecule has 0 bridgehead atoms. The fraction of sp³-hybridized carbons (Fsp3) is 0.409. The molecule has 0 fully saturated rings. The highest BCUT2D eigenvalue weighted by atomic mass is 127. The first-order valence-electron chi connectivity index (χ1n) is 9.48. The lowest BCUT2D eigenvalue weighted by atomic mass is 10.1. The molecule has 7 nitrogen and oxygen atoms in total. The molecule has 0 radical (unpaired) electrons. The van der Waals surface area contributed by atoms with E-state index in [-0.39, 0.29) is 30.1 Å². The van der Waals surface area contributed by atoms with E-state index in [9.17, 15) is 0 Å². The van der Waals surface area contributed by atoms with Crippen LogP contribution in [0.15, 0.2) is 41.4 Å². The van der Waals surface area contributed by atoms with Crippen molar-refractivity contribution in [1.29, 1.82) is 0 Å². The van der Waals surface area contributed by atoms with E-state index in [1.165, 1.54) is 0 Å². The Hall–Kier alpha value is -2.36. The third-order valence-electron chi connectivity index (χ3n) is 4.45. The van der Waals surface area contributed by atoms with Gasteiger partial charge in [-0.2, -0.15) is 0 Å². The summed E-state index contributed by atoms with van der Waals surface area (Å²) in [5.41, 5.74) is 1.99. The Balaban J connectivity index is 0.00000450. The number of halogens is 1. The normalized spacial score (nSPS) is 11.7. The van der Waals surface area contributed by atoms with E-state index in [1.807, 2.05) is 50.2 Å². The van der Waals surface area contributed by atoms with Crippen LogP contribution in [0.1, 0.15) is 18.1 Å². The SMILES string of the molecule is CN=C(NCc1c(OC)cc(OC)cc1OC)NCC(C)Oc1ccccc1C.I. The van der Waals surface area contributed by atoms with Crippen LogP contribution in [0.5, 0.6) is 23.0 Å². The smallest absolute Gasteiger partial charge is 0.191 e. The van der Waals surface area contributed by atoms with Crippen molar-refractivity contribution in [1.82, 2.24) is 10.6 Å². The predicted octanol–water partition coefficient (Wildman–Crippen LogP) is 3.77. The van der Waals surface area contributed by atoms with Crippen LogP contribution in [-0.4, -0.2) is 47.0 Å². The molecule has 2 aromatic carbocycles. The molecule has 0 heterocycles. The zero-order valence-electron chi connectivity index (χ0n) is 18.4. The summed E-state index contributed by atoms with van der Waals surface area (Å²) in [5, 5.41) is 6.57. The van der Waals surface area contributed by atoms with Crippen LogP contribution >= 0.6 is 24.0 Å². The van der Waals surface area contributed by atoms with E-state index in [2.05, 4.69) is 15.6 Å². The van der Waals surface area contributed by atoms with Crippen molar-refractivity contribution >= 4 is 29.9 Å². The summed E-state index contributed by atoms with van der Waals surface area (Å²) in [6.07, 6.45) is -0.0280. The van der Waals surface area contributed by atoms with Crippen LogP contribution in [0.3, 0.4) is 0 Å². The number of ether oxygens (including phenoxy) is 4. The topological polar surface area (TPSA) is 73.3 Å². The van der Waals surface area contributed by atoms with Gasteiger partial charge in [0.15, 0.2) is 5.96 Å². The number of benzene rings is 2. The molecule has 0 amide bonds. The van der Waals surface area contributed by atoms with E-state index in [0.29, 0.717) is 36.3 Å². The van der Waals surface area contributed by atoms with Crippen LogP contribution in [0.2, 0.25) is 0 Å². The van der Waals surface area contributed by atoms with Crippen LogP contribution in [0.25, 0.3) is 0 Å². The molecule has 0 aromatic heterocycles. The molecule has 0 aliphatic rings. The number of nitrogens with zero attached hydrogens (tertiary/aromatic N) is 1. The van der Waals surface area contributed by atoms with Crippen LogP contribution in [0, 0.1) is 6.92 Å². The minimum absolute atomic E-state index is 0. The summed E-state index contributed by atoms with van der Waals surface area (Å²) in [7, 11) is 6.58. The minimum Gasteiger partial charge on any atom is -0.496 e. The van der Waals surface area contributed by atoms with Gasteiger partial charge in [-0.1, -0.05) is 18.2 Å². The van der Waals surface area contributed by atoms with E-state index < -0.39 is 0 Å². The maximum absolute atomic E-state index is 6.00. The number of aliphatic imine (C=N–C) groups is 1. The lowest BCUT2D eigenvalue weighted by Gasteiger charge is -2.20. The van der Waals surface area contributed by atoms with Crippen LogP contribution in [0.4, 0.5) is 0 Å². The van der Waals surface area contributed by atoms with Gasteiger partial charge in [0.1, 0.15) is 29.1 Å². The number of hydrogen-bond donors (Lipinski definition) is 2. The molecule has 0 aliphatic carbocycles. The molecule has 30 heavy (non-hydrogen) atoms. The molecule has 0 spiro atoms. The molecule has 2 aromatic rings. The fourth-order valence-corrected chi connectivity index (χ4v) is 2.83. The zero-order chi connectivity index (χ0) is 21.2. The summed E-state index contributed by atoms with van der Waals surface area (Å²) in [5.74, 6) is 3.58. The van der Waals surface area contributed by atoms with Gasteiger partial charge in [0.2, 0.25) is 0 Å². The van der Waals surface area contributed by atoms with Gasteiger partial charge in [-0.25, -0.2) is 0 Å². The quantitative estimate of drug-likeness (QED) is 0.293. The van der Waals surface area contributed by atoms with Gasteiger partial charge in [0, 0.05) is 19.2 Å². The van der Waals surface area contributed by atoms with E-state index in [4.69, 9.17) is 18.9 Å². The molecular formula is C22H32IN3O4. The molecule has 8 heteroatoms. The first-order valence-corrected chi connectivity index (χ1v) is 9.48. The highest BCUT2D eigenvalue weighted by Crippen LogP contribution is 2.33. The largest absolute Gasteiger partial charge is 0.496 e. The zero-order valence-corrected chi connectivity index (χ0v) is 20.8. The summed E-state index contributed by atoms with van der Waals surface area (Å²) >= 11 is 0. The maximum atomic E-state index is 6.00. The van der Waals surface area contributed by atoms with Crippen molar-refractivity contribution in [3.8, 4) is 23.0 Å². The third-order valence-corrected chi connectivity index (χ3v) is 4.45. The van der Waals surface area contributed by atoms with Gasteiger partial charge >= 0.3 is 0 Å². The predicted molar refractivity (Wildman–Crippen MR) is 131 cm³/mol. The average Bonchev–Trinajstić information content (AvgIpc) is 2.74.